The standard InChI is InChI=1S/C22H22N4O2S2/c1-11(2)25-21(28)13-4-6-15-17(7-13)30-22-19(15)20(23-10-24-22)26-14-5-3-12-8-18(27)29-16(12)9-14/h3,5,9-11,13H,4,6-8H2,1-2H3,(H,25,28)(H,23,24,26). The molecule has 1 aliphatic carbocycles. The number of nitrogens with one attached hydrogen (secondary N) is 2. The van der Waals surface area contributed by atoms with Crippen LogP contribution in [0.5, 0.6) is 0 Å². The lowest BCUT2D eigenvalue weighted by Gasteiger charge is -2.22. The summed E-state index contributed by atoms with van der Waals surface area (Å²) in [4.78, 5) is 36.4. The van der Waals surface area contributed by atoms with E-state index in [1.165, 1.54) is 22.2 Å². The SMILES string of the molecule is CC(C)NC(=O)C1CCc2c(sc3ncnc(Nc4ccc5c(c4)SC(=O)C5)c23)C1. The molecule has 5 rings (SSSR count). The normalized spacial score (nSPS) is 17.8. The zero-order valence-electron chi connectivity index (χ0n) is 16.8. The second kappa shape index (κ2) is 7.67. The van der Waals surface area contributed by atoms with E-state index in [-0.39, 0.29) is 23.0 Å². The van der Waals surface area contributed by atoms with Crippen molar-refractivity contribution in [2.75, 3.05) is 5.32 Å². The summed E-state index contributed by atoms with van der Waals surface area (Å²) in [5, 5.41) is 7.73. The molecular weight excluding hydrogens is 416 g/mol. The number of hydrogen-bond donors (Lipinski definition) is 2. The average Bonchev–Trinajstić information content (AvgIpc) is 3.26. The molecule has 0 radical (unpaired) electrons. The number of thiophene rings is 1. The summed E-state index contributed by atoms with van der Waals surface area (Å²) in [5.74, 6) is 0.947. The highest BCUT2D eigenvalue weighted by atomic mass is 32.2. The van der Waals surface area contributed by atoms with Crippen molar-refractivity contribution in [2.45, 2.75) is 50.5 Å². The molecule has 154 valence electrons. The number of nitrogens with zero attached hydrogens (tertiary/aromatic N) is 2. The minimum atomic E-state index is 0.0172. The van der Waals surface area contributed by atoms with Gasteiger partial charge in [-0.25, -0.2) is 9.97 Å². The molecule has 3 aromatic rings. The van der Waals surface area contributed by atoms with Crippen molar-refractivity contribution in [3.8, 4) is 0 Å². The number of carbonyl (C=O) groups is 2. The molecule has 1 atom stereocenters. The highest BCUT2D eigenvalue weighted by molar-refractivity contribution is 8.14. The molecule has 1 aromatic carbocycles. The van der Waals surface area contributed by atoms with E-state index in [0.29, 0.717) is 6.42 Å². The second-order valence-electron chi connectivity index (χ2n) is 8.11. The summed E-state index contributed by atoms with van der Waals surface area (Å²) in [6.07, 6.45) is 4.53. The van der Waals surface area contributed by atoms with E-state index >= 15 is 0 Å². The molecule has 6 nitrogen and oxygen atoms in total. The minimum Gasteiger partial charge on any atom is -0.354 e. The van der Waals surface area contributed by atoms with Crippen LogP contribution in [0.1, 0.15) is 36.3 Å². The smallest absolute Gasteiger partial charge is 0.223 e. The molecule has 1 unspecified atom stereocenters. The Morgan fingerprint density at radius 3 is 2.97 bits per heavy atom. The first-order valence-corrected chi connectivity index (χ1v) is 11.8. The number of aromatic nitrogens is 2. The Morgan fingerprint density at radius 1 is 1.27 bits per heavy atom. The highest BCUT2D eigenvalue weighted by Crippen LogP contribution is 2.41. The number of thioether (sulfide) groups is 1. The monoisotopic (exact) mass is 438 g/mol. The lowest BCUT2D eigenvalue weighted by molar-refractivity contribution is -0.125. The average molecular weight is 439 g/mol. The molecule has 2 aromatic heterocycles. The fourth-order valence-electron chi connectivity index (χ4n) is 4.16. The van der Waals surface area contributed by atoms with Crippen molar-refractivity contribution in [1.29, 1.82) is 0 Å². The molecule has 0 spiro atoms. The Hall–Kier alpha value is -2.45. The van der Waals surface area contributed by atoms with E-state index in [2.05, 4.69) is 20.6 Å². The number of carbonyl (C=O) groups excluding carboxylic acids is 2. The fraction of sp³-hybridized carbons (Fsp3) is 0.364. The topological polar surface area (TPSA) is 84.0 Å². The van der Waals surface area contributed by atoms with Crippen LogP contribution in [0.25, 0.3) is 10.2 Å². The number of benzene rings is 1. The van der Waals surface area contributed by atoms with Crippen LogP contribution in [0.2, 0.25) is 0 Å². The summed E-state index contributed by atoms with van der Waals surface area (Å²) in [6.45, 7) is 3.99. The van der Waals surface area contributed by atoms with Gasteiger partial charge in [0.05, 0.1) is 5.39 Å². The predicted octanol–water partition coefficient (Wildman–Crippen LogP) is 4.24. The molecule has 1 aliphatic heterocycles. The Morgan fingerprint density at radius 2 is 2.13 bits per heavy atom. The first kappa shape index (κ1) is 19.5. The lowest BCUT2D eigenvalue weighted by atomic mass is 9.87. The summed E-state index contributed by atoms with van der Waals surface area (Å²) >= 11 is 2.97. The van der Waals surface area contributed by atoms with Crippen LogP contribution in [0.15, 0.2) is 29.4 Å². The maximum atomic E-state index is 12.5. The fourth-order valence-corrected chi connectivity index (χ4v) is 6.35. The van der Waals surface area contributed by atoms with E-state index in [9.17, 15) is 9.59 Å². The van der Waals surface area contributed by atoms with Crippen LogP contribution in [0, 0.1) is 5.92 Å². The van der Waals surface area contributed by atoms with Gasteiger partial charge in [-0.3, -0.25) is 9.59 Å². The number of aryl methyl sites for hydroxylation is 1. The molecule has 1 amide bonds. The molecule has 0 bridgehead atoms. The quantitative estimate of drug-likeness (QED) is 0.634. The van der Waals surface area contributed by atoms with Gasteiger partial charge in [0.15, 0.2) is 5.12 Å². The van der Waals surface area contributed by atoms with Gasteiger partial charge < -0.3 is 10.6 Å². The number of amides is 1. The van der Waals surface area contributed by atoms with Gasteiger partial charge in [-0.05, 0) is 56.4 Å². The van der Waals surface area contributed by atoms with Gasteiger partial charge in [0, 0.05) is 33.8 Å². The van der Waals surface area contributed by atoms with Crippen molar-refractivity contribution in [1.82, 2.24) is 15.3 Å². The Bertz CT molecular complexity index is 1170. The van der Waals surface area contributed by atoms with Crippen LogP contribution < -0.4 is 10.6 Å². The van der Waals surface area contributed by atoms with Crippen molar-refractivity contribution in [3.05, 3.63) is 40.5 Å². The summed E-state index contributed by atoms with van der Waals surface area (Å²) in [6, 6.07) is 6.18. The van der Waals surface area contributed by atoms with Gasteiger partial charge in [-0.1, -0.05) is 17.8 Å². The third kappa shape index (κ3) is 3.58. The van der Waals surface area contributed by atoms with Crippen LogP contribution in [0.3, 0.4) is 0 Å². The zero-order chi connectivity index (χ0) is 20.8. The Labute approximate surface area is 182 Å². The van der Waals surface area contributed by atoms with Crippen molar-refractivity contribution in [2.24, 2.45) is 5.92 Å². The van der Waals surface area contributed by atoms with E-state index in [0.717, 1.165) is 51.4 Å². The molecular formula is C22H22N4O2S2. The van der Waals surface area contributed by atoms with Crippen LogP contribution >= 0.6 is 23.1 Å². The molecule has 3 heterocycles. The summed E-state index contributed by atoms with van der Waals surface area (Å²) < 4.78 is 0. The van der Waals surface area contributed by atoms with Gasteiger partial charge in [0.2, 0.25) is 5.91 Å². The van der Waals surface area contributed by atoms with E-state index in [1.54, 1.807) is 17.7 Å². The largest absolute Gasteiger partial charge is 0.354 e. The molecule has 2 N–H and O–H groups in total. The van der Waals surface area contributed by atoms with Crippen LogP contribution in [-0.4, -0.2) is 27.0 Å². The third-order valence-electron chi connectivity index (χ3n) is 5.54. The molecule has 2 aliphatic rings. The van der Waals surface area contributed by atoms with Gasteiger partial charge in [-0.2, -0.15) is 0 Å². The van der Waals surface area contributed by atoms with Crippen LogP contribution in [-0.2, 0) is 28.9 Å². The van der Waals surface area contributed by atoms with Gasteiger partial charge in [0.1, 0.15) is 17.0 Å². The molecule has 30 heavy (non-hydrogen) atoms. The zero-order valence-corrected chi connectivity index (χ0v) is 18.5. The maximum absolute atomic E-state index is 12.5. The summed E-state index contributed by atoms with van der Waals surface area (Å²) in [7, 11) is 0. The Balaban J connectivity index is 1.44. The van der Waals surface area contributed by atoms with E-state index in [4.69, 9.17) is 0 Å². The molecule has 0 saturated carbocycles. The highest BCUT2D eigenvalue weighted by Gasteiger charge is 2.29. The molecule has 0 saturated heterocycles. The number of anilines is 2. The number of rotatable bonds is 4. The van der Waals surface area contributed by atoms with Gasteiger partial charge in [0.25, 0.3) is 0 Å². The Kier molecular flexibility index (Phi) is 4.99. The number of hydrogen-bond acceptors (Lipinski definition) is 7. The first-order valence-electron chi connectivity index (χ1n) is 10.1. The first-order chi connectivity index (χ1) is 14.5. The van der Waals surface area contributed by atoms with Gasteiger partial charge >= 0.3 is 0 Å². The van der Waals surface area contributed by atoms with Crippen LogP contribution in [0.4, 0.5) is 11.5 Å². The van der Waals surface area contributed by atoms with Crippen molar-refractivity contribution in [3.63, 3.8) is 0 Å². The predicted molar refractivity (Wildman–Crippen MR) is 121 cm³/mol. The van der Waals surface area contributed by atoms with Crippen molar-refractivity contribution >= 4 is 55.8 Å². The van der Waals surface area contributed by atoms with E-state index in [1.807, 2.05) is 32.0 Å². The van der Waals surface area contributed by atoms with Crippen molar-refractivity contribution < 1.29 is 9.59 Å². The van der Waals surface area contributed by atoms with Gasteiger partial charge in [-0.15, -0.1) is 11.3 Å². The lowest BCUT2D eigenvalue weighted by Crippen LogP contribution is -2.37. The maximum Gasteiger partial charge on any atom is 0.223 e. The van der Waals surface area contributed by atoms with E-state index < -0.39 is 0 Å². The molecule has 0 fully saturated rings. The second-order valence-corrected chi connectivity index (χ2v) is 10.3. The third-order valence-corrected chi connectivity index (χ3v) is 7.67. The minimum absolute atomic E-state index is 0.0172. The number of fused-ring (bicyclic) bond motifs is 4. The summed E-state index contributed by atoms with van der Waals surface area (Å²) in [5.41, 5.74) is 3.26. The molecule has 8 heteroatoms.